The van der Waals surface area contributed by atoms with Crippen LogP contribution in [-0.4, -0.2) is 52.3 Å². The van der Waals surface area contributed by atoms with E-state index >= 15 is 0 Å². The van der Waals surface area contributed by atoms with Crippen molar-refractivity contribution in [3.63, 3.8) is 0 Å². The number of aryl methyl sites for hydroxylation is 1. The summed E-state index contributed by atoms with van der Waals surface area (Å²) in [6.07, 6.45) is 10.7. The second-order valence-electron chi connectivity index (χ2n) is 9.05. The molecule has 172 valence electrons. The van der Waals surface area contributed by atoms with Crippen molar-refractivity contribution < 1.29 is 9.53 Å². The van der Waals surface area contributed by atoms with Gasteiger partial charge in [0.25, 0.3) is 0 Å². The Kier molecular flexibility index (Phi) is 5.28. The molecule has 1 saturated heterocycles. The van der Waals surface area contributed by atoms with Crippen LogP contribution in [0.4, 0.5) is 15.7 Å². The fraction of sp³-hybridized carbons (Fsp3) is 0.409. The van der Waals surface area contributed by atoms with Gasteiger partial charge in [0.1, 0.15) is 5.60 Å². The Hall–Kier alpha value is -3.47. The predicted octanol–water partition coefficient (Wildman–Crippen LogP) is 4.40. The lowest BCUT2D eigenvalue weighted by Crippen LogP contribution is -2.36. The normalized spacial score (nSPS) is 16.5. The number of imidazole rings is 1. The molecule has 0 radical (unpaired) electrons. The highest BCUT2D eigenvalue weighted by atomic mass is 32.1. The highest BCUT2D eigenvalue weighted by Crippen LogP contribution is 2.35. The van der Waals surface area contributed by atoms with Crippen molar-refractivity contribution in [1.82, 2.24) is 34.0 Å². The van der Waals surface area contributed by atoms with Crippen LogP contribution in [0.5, 0.6) is 0 Å². The van der Waals surface area contributed by atoms with E-state index in [-0.39, 0.29) is 12.1 Å². The van der Waals surface area contributed by atoms with E-state index in [1.807, 2.05) is 62.4 Å². The zero-order valence-electron chi connectivity index (χ0n) is 19.0. The summed E-state index contributed by atoms with van der Waals surface area (Å²) in [4.78, 5) is 28.2. The molecule has 10 nitrogen and oxygen atoms in total. The van der Waals surface area contributed by atoms with Gasteiger partial charge in [-0.05, 0) is 33.6 Å². The molecule has 5 rings (SSSR count). The molecule has 1 amide bonds. The van der Waals surface area contributed by atoms with E-state index in [4.69, 9.17) is 9.72 Å². The van der Waals surface area contributed by atoms with Crippen molar-refractivity contribution in [3.05, 3.63) is 42.1 Å². The lowest BCUT2D eigenvalue weighted by molar-refractivity contribution is 0.0222. The molecule has 0 bridgehead atoms. The Labute approximate surface area is 195 Å². The van der Waals surface area contributed by atoms with Crippen LogP contribution in [-0.2, 0) is 11.8 Å². The largest absolute Gasteiger partial charge is 0.444 e. The minimum Gasteiger partial charge on any atom is -0.444 e. The third-order valence-electron chi connectivity index (χ3n) is 5.40. The first-order chi connectivity index (χ1) is 15.8. The van der Waals surface area contributed by atoms with Crippen molar-refractivity contribution in [2.24, 2.45) is 7.05 Å². The number of carbonyl (C=O) groups excluding carboxylic acids is 1. The summed E-state index contributed by atoms with van der Waals surface area (Å²) in [7, 11) is 1.88. The summed E-state index contributed by atoms with van der Waals surface area (Å²) in [6, 6.07) is -0.0843. The number of amides is 1. The van der Waals surface area contributed by atoms with Gasteiger partial charge in [0.15, 0.2) is 16.6 Å². The van der Waals surface area contributed by atoms with Gasteiger partial charge >= 0.3 is 6.09 Å². The quantitative estimate of drug-likeness (QED) is 0.475. The summed E-state index contributed by atoms with van der Waals surface area (Å²) < 4.78 is 9.32. The van der Waals surface area contributed by atoms with E-state index in [9.17, 15) is 4.79 Å². The Morgan fingerprint density at radius 1 is 1.27 bits per heavy atom. The van der Waals surface area contributed by atoms with Crippen LogP contribution in [0.2, 0.25) is 0 Å². The molecule has 0 aromatic carbocycles. The first-order valence-corrected chi connectivity index (χ1v) is 11.7. The molecule has 11 heteroatoms. The number of nitrogens with one attached hydrogen (secondary N) is 1. The standard InChI is InChI=1S/C22H26N8O2S/c1-22(2,3)32-21(31)30-8-5-6-16(30)15-13-33-20(26-15)27-18-19-24-11-17(29(19)9-7-23-18)14-10-25-28(4)12-14/h7,9-13,16H,5-6,8H2,1-4H3,(H,23,26,27)/t16-/m0/s1. The van der Waals surface area contributed by atoms with Crippen LogP contribution < -0.4 is 5.32 Å². The minimum absolute atomic E-state index is 0.0843. The Morgan fingerprint density at radius 3 is 2.88 bits per heavy atom. The van der Waals surface area contributed by atoms with Crippen molar-refractivity contribution in [3.8, 4) is 11.3 Å². The number of thiazole rings is 1. The number of carbonyl (C=O) groups is 1. The molecular weight excluding hydrogens is 440 g/mol. The van der Waals surface area contributed by atoms with Gasteiger partial charge in [0, 0.05) is 43.1 Å². The number of nitrogens with zero attached hydrogens (tertiary/aromatic N) is 7. The molecule has 4 aromatic heterocycles. The fourth-order valence-electron chi connectivity index (χ4n) is 3.99. The summed E-state index contributed by atoms with van der Waals surface area (Å²) in [5.74, 6) is 0.615. The molecule has 1 N–H and O–H groups in total. The van der Waals surface area contributed by atoms with Crippen LogP contribution in [0.15, 0.2) is 36.4 Å². The van der Waals surface area contributed by atoms with Gasteiger partial charge in [0.2, 0.25) is 0 Å². The zero-order chi connectivity index (χ0) is 23.2. The Morgan fingerprint density at radius 2 is 2.12 bits per heavy atom. The molecule has 33 heavy (non-hydrogen) atoms. The zero-order valence-corrected chi connectivity index (χ0v) is 19.8. The molecule has 4 aromatic rings. The van der Waals surface area contributed by atoms with Gasteiger partial charge in [0.05, 0.1) is 29.8 Å². The van der Waals surface area contributed by atoms with Crippen molar-refractivity contribution in [2.45, 2.75) is 45.3 Å². The van der Waals surface area contributed by atoms with Crippen LogP contribution in [0, 0.1) is 0 Å². The molecular formula is C22H26N8O2S. The van der Waals surface area contributed by atoms with Gasteiger partial charge in [-0.15, -0.1) is 11.3 Å². The highest BCUT2D eigenvalue weighted by Gasteiger charge is 2.34. The predicted molar refractivity (Wildman–Crippen MR) is 126 cm³/mol. The maximum Gasteiger partial charge on any atom is 0.410 e. The summed E-state index contributed by atoms with van der Waals surface area (Å²) in [5, 5.41) is 10.2. The second-order valence-corrected chi connectivity index (χ2v) is 9.91. The van der Waals surface area contributed by atoms with E-state index in [1.165, 1.54) is 11.3 Å². The SMILES string of the molecule is Cn1cc(-c2cnc3c(Nc4nc([C@@H]5CCCN5C(=O)OC(C)(C)C)cs4)nccn23)cn1. The number of likely N-dealkylation sites (tertiary alicyclic amines) is 1. The van der Waals surface area contributed by atoms with Gasteiger partial charge in [-0.2, -0.15) is 5.10 Å². The van der Waals surface area contributed by atoms with Gasteiger partial charge in [-0.1, -0.05) is 0 Å². The summed E-state index contributed by atoms with van der Waals surface area (Å²) in [6.45, 7) is 6.31. The van der Waals surface area contributed by atoms with Crippen molar-refractivity contribution in [1.29, 1.82) is 0 Å². The molecule has 1 aliphatic heterocycles. The van der Waals surface area contributed by atoms with Gasteiger partial charge in [-0.3, -0.25) is 14.0 Å². The average Bonchev–Trinajstić information content (AvgIpc) is 3.53. The Bertz CT molecular complexity index is 1300. The maximum atomic E-state index is 12.6. The first-order valence-electron chi connectivity index (χ1n) is 10.8. The van der Waals surface area contributed by atoms with E-state index < -0.39 is 5.60 Å². The Balaban J connectivity index is 1.37. The number of anilines is 2. The van der Waals surface area contributed by atoms with Crippen LogP contribution in [0.3, 0.4) is 0 Å². The third-order valence-corrected chi connectivity index (χ3v) is 6.17. The van der Waals surface area contributed by atoms with Crippen LogP contribution in [0.25, 0.3) is 16.9 Å². The number of ether oxygens (including phenoxy) is 1. The molecule has 0 unspecified atom stereocenters. The third kappa shape index (κ3) is 4.28. The van der Waals surface area contributed by atoms with E-state index in [1.54, 1.807) is 15.8 Å². The van der Waals surface area contributed by atoms with Gasteiger partial charge < -0.3 is 10.1 Å². The molecule has 0 aliphatic carbocycles. The molecule has 1 aliphatic rings. The molecule has 1 atom stereocenters. The number of aromatic nitrogens is 6. The van der Waals surface area contributed by atoms with Crippen LogP contribution in [0.1, 0.15) is 45.3 Å². The molecule has 5 heterocycles. The second kappa shape index (κ2) is 8.14. The number of fused-ring (bicyclic) bond motifs is 1. The van der Waals surface area contributed by atoms with Crippen LogP contribution >= 0.6 is 11.3 Å². The number of hydrogen-bond acceptors (Lipinski definition) is 8. The fourth-order valence-corrected chi connectivity index (χ4v) is 4.74. The maximum absolute atomic E-state index is 12.6. The monoisotopic (exact) mass is 466 g/mol. The lowest BCUT2D eigenvalue weighted by atomic mass is 10.2. The first kappa shape index (κ1) is 21.4. The van der Waals surface area contributed by atoms with Crippen molar-refractivity contribution in [2.75, 3.05) is 11.9 Å². The molecule has 1 fully saturated rings. The topological polar surface area (TPSA) is 102 Å². The van der Waals surface area contributed by atoms with E-state index in [0.29, 0.717) is 23.1 Å². The smallest absolute Gasteiger partial charge is 0.410 e. The summed E-state index contributed by atoms with van der Waals surface area (Å²) >= 11 is 1.48. The summed E-state index contributed by atoms with van der Waals surface area (Å²) in [5.41, 5.74) is 2.94. The van der Waals surface area contributed by atoms with E-state index in [2.05, 4.69) is 20.4 Å². The highest BCUT2D eigenvalue weighted by molar-refractivity contribution is 7.13. The lowest BCUT2D eigenvalue weighted by Gasteiger charge is -2.27. The number of rotatable bonds is 4. The molecule has 0 spiro atoms. The van der Waals surface area contributed by atoms with Gasteiger partial charge in [-0.25, -0.2) is 19.7 Å². The molecule has 0 saturated carbocycles. The number of hydrogen-bond donors (Lipinski definition) is 1. The van der Waals surface area contributed by atoms with Crippen molar-refractivity contribution >= 4 is 34.0 Å². The average molecular weight is 467 g/mol. The minimum atomic E-state index is -0.526. The van der Waals surface area contributed by atoms with E-state index in [0.717, 1.165) is 29.8 Å².